The standard InChI is InChI=1S/C27H26FN5O4S/c1-3-36-27(34)33-38(2,35)17-20-10-7-11-22(14-20)31-26-30-18-29-25(32-26)23-13-12-21(28)15-24(23)37-16-19-8-5-4-6-9-19/h4-15,17-18H,3,16H2,1-2H3,(H,33,34,35)(H,29,30,31,32). The van der Waals surface area contributed by atoms with Crippen molar-refractivity contribution in [2.24, 2.45) is 0 Å². The highest BCUT2D eigenvalue weighted by Crippen LogP contribution is 2.29. The molecule has 1 heterocycles. The van der Waals surface area contributed by atoms with E-state index in [1.165, 1.54) is 30.1 Å². The number of anilines is 2. The van der Waals surface area contributed by atoms with Crippen LogP contribution in [0.4, 0.5) is 20.8 Å². The number of carbonyl (C=O) groups excluding carboxylic acids is 1. The topological polar surface area (TPSA) is 115 Å². The Hall–Kier alpha value is -4.51. The predicted molar refractivity (Wildman–Crippen MR) is 145 cm³/mol. The number of nitrogens with zero attached hydrogens (tertiary/aromatic N) is 3. The van der Waals surface area contributed by atoms with Crippen LogP contribution in [0.15, 0.2) is 79.1 Å². The fraction of sp³-hybridized carbons (Fsp3) is 0.148. The van der Waals surface area contributed by atoms with Crippen LogP contribution < -0.4 is 14.8 Å². The Morgan fingerprint density at radius 3 is 2.66 bits per heavy atom. The van der Waals surface area contributed by atoms with Crippen LogP contribution in [-0.4, -0.2) is 43.5 Å². The molecular weight excluding hydrogens is 509 g/mol. The maximum atomic E-state index is 14.0. The zero-order chi connectivity index (χ0) is 27.0. The smallest absolute Gasteiger partial charge is 0.418 e. The van der Waals surface area contributed by atoms with Gasteiger partial charge in [0.25, 0.3) is 0 Å². The number of hydrogen-bond acceptors (Lipinski definition) is 8. The summed E-state index contributed by atoms with van der Waals surface area (Å²) in [5, 5.41) is 4.54. The van der Waals surface area contributed by atoms with E-state index in [0.29, 0.717) is 28.4 Å². The molecule has 2 N–H and O–H groups in total. The molecule has 4 aromatic rings. The number of ether oxygens (including phenoxy) is 2. The van der Waals surface area contributed by atoms with Crippen LogP contribution >= 0.6 is 0 Å². The lowest BCUT2D eigenvalue weighted by Crippen LogP contribution is -2.31. The molecule has 4 rings (SSSR count). The highest BCUT2D eigenvalue weighted by Gasteiger charge is 2.13. The van der Waals surface area contributed by atoms with Gasteiger partial charge in [-0.3, -0.25) is 0 Å². The molecule has 9 nitrogen and oxygen atoms in total. The van der Waals surface area contributed by atoms with Crippen molar-refractivity contribution in [2.75, 3.05) is 18.2 Å². The zero-order valence-corrected chi connectivity index (χ0v) is 21.6. The molecule has 0 radical (unpaired) electrons. The summed E-state index contributed by atoms with van der Waals surface area (Å²) >= 11 is 0. The van der Waals surface area contributed by atoms with Crippen molar-refractivity contribution in [3.63, 3.8) is 0 Å². The molecule has 0 aliphatic heterocycles. The average molecular weight is 536 g/mol. The van der Waals surface area contributed by atoms with Gasteiger partial charge in [0.05, 0.1) is 21.9 Å². The average Bonchev–Trinajstić information content (AvgIpc) is 2.88. The summed E-state index contributed by atoms with van der Waals surface area (Å²) in [4.78, 5) is 24.6. The summed E-state index contributed by atoms with van der Waals surface area (Å²) in [5.41, 5.74) is 2.65. The van der Waals surface area contributed by atoms with E-state index >= 15 is 0 Å². The minimum Gasteiger partial charge on any atom is -0.488 e. The first-order valence-electron chi connectivity index (χ1n) is 11.6. The molecule has 0 aliphatic carbocycles. The number of carbonyl (C=O) groups is 1. The van der Waals surface area contributed by atoms with Gasteiger partial charge in [0, 0.05) is 23.4 Å². The van der Waals surface area contributed by atoms with Gasteiger partial charge in [0.15, 0.2) is 5.82 Å². The molecule has 1 atom stereocenters. The van der Waals surface area contributed by atoms with E-state index in [9.17, 15) is 13.4 Å². The van der Waals surface area contributed by atoms with Gasteiger partial charge in [-0.15, -0.1) is 0 Å². The van der Waals surface area contributed by atoms with E-state index in [-0.39, 0.29) is 19.2 Å². The van der Waals surface area contributed by atoms with Crippen molar-refractivity contribution < 1.29 is 22.9 Å². The first kappa shape index (κ1) is 26.6. The first-order chi connectivity index (χ1) is 18.3. The minimum atomic E-state index is -2.84. The van der Waals surface area contributed by atoms with Gasteiger partial charge >= 0.3 is 6.09 Å². The van der Waals surface area contributed by atoms with Crippen molar-refractivity contribution in [2.45, 2.75) is 13.5 Å². The number of halogens is 1. The number of amides is 1. The predicted octanol–water partition coefficient (Wildman–Crippen LogP) is 4.73. The molecule has 0 saturated carbocycles. The van der Waals surface area contributed by atoms with Crippen LogP contribution in [0.1, 0.15) is 18.1 Å². The Balaban J connectivity index is 1.54. The van der Waals surface area contributed by atoms with E-state index in [2.05, 4.69) is 25.0 Å². The molecule has 11 heteroatoms. The van der Waals surface area contributed by atoms with Crippen molar-refractivity contribution in [3.8, 4) is 17.1 Å². The molecule has 38 heavy (non-hydrogen) atoms. The Morgan fingerprint density at radius 1 is 1.05 bits per heavy atom. The second-order valence-electron chi connectivity index (χ2n) is 8.14. The van der Waals surface area contributed by atoms with Gasteiger partial charge in [-0.1, -0.05) is 42.5 Å². The van der Waals surface area contributed by atoms with Crippen LogP contribution in [-0.2, 0) is 21.1 Å². The number of aromatic nitrogens is 3. The Labute approximate surface area is 220 Å². The Bertz CT molecular complexity index is 1540. The van der Waals surface area contributed by atoms with Crippen molar-refractivity contribution >= 4 is 32.8 Å². The highest BCUT2D eigenvalue weighted by molar-refractivity contribution is 7.99. The summed E-state index contributed by atoms with van der Waals surface area (Å²) in [7, 11) is -2.84. The summed E-state index contributed by atoms with van der Waals surface area (Å²) in [6.07, 6.45) is 1.99. The molecule has 0 saturated heterocycles. The Kier molecular flexibility index (Phi) is 8.49. The molecular formula is C27H26FN5O4S. The summed E-state index contributed by atoms with van der Waals surface area (Å²) < 4.78 is 39.8. The highest BCUT2D eigenvalue weighted by atomic mass is 32.2. The van der Waals surface area contributed by atoms with Crippen LogP contribution in [0.2, 0.25) is 0 Å². The lowest BCUT2D eigenvalue weighted by molar-refractivity contribution is 0.159. The number of hydrogen-bond donors (Lipinski definition) is 2. The van der Waals surface area contributed by atoms with Gasteiger partial charge in [0.1, 0.15) is 24.5 Å². The number of nitrogens with one attached hydrogen (secondary N) is 2. The van der Waals surface area contributed by atoms with Gasteiger partial charge in [-0.25, -0.2) is 28.1 Å². The molecule has 1 unspecified atom stereocenters. The van der Waals surface area contributed by atoms with E-state index in [0.717, 1.165) is 5.56 Å². The lowest BCUT2D eigenvalue weighted by Gasteiger charge is -2.12. The third-order valence-corrected chi connectivity index (χ3v) is 6.35. The summed E-state index contributed by atoms with van der Waals surface area (Å²) in [6, 6.07) is 20.7. The van der Waals surface area contributed by atoms with Crippen LogP contribution in [0, 0.1) is 5.82 Å². The Morgan fingerprint density at radius 2 is 1.87 bits per heavy atom. The van der Waals surface area contributed by atoms with Crippen LogP contribution in [0.25, 0.3) is 11.4 Å². The van der Waals surface area contributed by atoms with Crippen LogP contribution in [0.5, 0.6) is 5.75 Å². The van der Waals surface area contributed by atoms with E-state index < -0.39 is 21.6 Å². The molecule has 1 amide bonds. The largest absolute Gasteiger partial charge is 0.488 e. The third-order valence-electron chi connectivity index (χ3n) is 5.06. The van der Waals surface area contributed by atoms with E-state index in [4.69, 9.17) is 9.47 Å². The maximum Gasteiger partial charge on any atom is 0.418 e. The molecule has 196 valence electrons. The minimum absolute atomic E-state index is 0.174. The first-order valence-corrected chi connectivity index (χ1v) is 13.7. The molecule has 0 bridgehead atoms. The fourth-order valence-corrected chi connectivity index (χ4v) is 4.57. The monoisotopic (exact) mass is 535 g/mol. The quantitative estimate of drug-likeness (QED) is 0.296. The third kappa shape index (κ3) is 7.50. The van der Waals surface area contributed by atoms with Gasteiger partial charge in [0.2, 0.25) is 5.95 Å². The second-order valence-corrected chi connectivity index (χ2v) is 10.4. The van der Waals surface area contributed by atoms with E-state index in [1.54, 1.807) is 37.3 Å². The molecule has 0 fully saturated rings. The number of rotatable bonds is 9. The molecule has 3 aromatic carbocycles. The summed E-state index contributed by atoms with van der Waals surface area (Å²) in [5.74, 6) is 0.396. The normalized spacial score (nSPS) is 12.2. The second kappa shape index (κ2) is 12.2. The molecule has 0 spiro atoms. The SMILES string of the molecule is CCOC(=O)NS(C)(=O)=Cc1cccc(Nc2ncnc(-c3ccc(F)cc3OCc3ccccc3)n2)c1. The van der Waals surface area contributed by atoms with Gasteiger partial charge < -0.3 is 14.8 Å². The van der Waals surface area contributed by atoms with Crippen molar-refractivity contribution in [3.05, 3.63) is 96.1 Å². The fourth-order valence-electron chi connectivity index (χ4n) is 3.46. The van der Waals surface area contributed by atoms with Gasteiger partial charge in [-0.2, -0.15) is 4.98 Å². The molecule has 0 aliphatic rings. The van der Waals surface area contributed by atoms with Crippen molar-refractivity contribution in [1.82, 2.24) is 19.7 Å². The van der Waals surface area contributed by atoms with Crippen LogP contribution in [0.3, 0.4) is 0 Å². The maximum absolute atomic E-state index is 14.0. The zero-order valence-electron chi connectivity index (χ0n) is 20.8. The molecule has 1 aromatic heterocycles. The van der Waals surface area contributed by atoms with Crippen molar-refractivity contribution in [1.29, 1.82) is 0 Å². The van der Waals surface area contributed by atoms with Gasteiger partial charge in [-0.05, 0) is 42.3 Å². The van der Waals surface area contributed by atoms with E-state index in [1.807, 2.05) is 30.3 Å². The lowest BCUT2D eigenvalue weighted by atomic mass is 10.1. The summed E-state index contributed by atoms with van der Waals surface area (Å²) in [6.45, 7) is 2.09. The number of benzene rings is 3.